The number of nitrogens with one attached hydrogen (secondary N) is 2. The largest absolute Gasteiger partial charge is 0.455 e. The lowest BCUT2D eigenvalue weighted by Crippen LogP contribution is -2.13. The topological polar surface area (TPSA) is 122 Å². The molecule has 0 saturated heterocycles. The summed E-state index contributed by atoms with van der Waals surface area (Å²) in [6.45, 7) is 0.716. The van der Waals surface area contributed by atoms with Crippen LogP contribution in [0.2, 0.25) is 0 Å². The number of thiazole rings is 1. The minimum absolute atomic E-state index is 0.0649. The molecule has 2 aromatic heterocycles. The molecule has 11 heteroatoms. The highest BCUT2D eigenvalue weighted by Crippen LogP contribution is 2.38. The normalized spacial score (nSPS) is 11.2. The molecule has 9 nitrogen and oxygen atoms in total. The van der Waals surface area contributed by atoms with Crippen molar-refractivity contribution in [3.05, 3.63) is 95.6 Å². The van der Waals surface area contributed by atoms with E-state index in [1.165, 1.54) is 24.4 Å². The van der Waals surface area contributed by atoms with Crippen molar-refractivity contribution >= 4 is 26.5 Å². The van der Waals surface area contributed by atoms with Gasteiger partial charge in [0, 0.05) is 36.9 Å². The van der Waals surface area contributed by atoms with Crippen LogP contribution in [0.4, 0.5) is 5.13 Å². The van der Waals surface area contributed by atoms with Gasteiger partial charge in [-0.25, -0.2) is 13.4 Å². The van der Waals surface area contributed by atoms with Crippen molar-refractivity contribution in [1.82, 2.24) is 20.1 Å². The van der Waals surface area contributed by atoms with Crippen LogP contribution in [0, 0.1) is 11.3 Å². The molecule has 0 saturated carbocycles. The number of hydrogen-bond donors (Lipinski definition) is 2. The molecule has 0 aliphatic carbocycles. The number of rotatable bonds is 9. The van der Waals surface area contributed by atoms with Crippen molar-refractivity contribution in [1.29, 1.82) is 5.26 Å². The molecule has 5 rings (SSSR count). The van der Waals surface area contributed by atoms with Gasteiger partial charge in [-0.3, -0.25) is 9.40 Å². The van der Waals surface area contributed by atoms with Crippen LogP contribution < -0.4 is 14.8 Å². The summed E-state index contributed by atoms with van der Waals surface area (Å²) >= 11 is 1.16. The summed E-state index contributed by atoms with van der Waals surface area (Å²) in [6.07, 6.45) is 3.21. The molecule has 2 heterocycles. The van der Waals surface area contributed by atoms with Gasteiger partial charge in [0.05, 0.1) is 16.2 Å². The third kappa shape index (κ3) is 5.53. The predicted octanol–water partition coefficient (Wildman–Crippen LogP) is 5.39. The number of benzene rings is 3. The Balaban J connectivity index is 1.54. The SMILES string of the molecule is CNCc1ccccc1-c1ccc(Oc2ccc(S(=O)(=O)Nc3nccs3)cc2C#N)c(-c2ccnn2C)c1. The van der Waals surface area contributed by atoms with Gasteiger partial charge in [0.1, 0.15) is 17.6 Å². The molecule has 3 aromatic carbocycles. The van der Waals surface area contributed by atoms with Crippen LogP contribution in [0.1, 0.15) is 11.1 Å². The van der Waals surface area contributed by atoms with Gasteiger partial charge in [-0.15, -0.1) is 11.3 Å². The lowest BCUT2D eigenvalue weighted by molar-refractivity contribution is 0.481. The predicted molar refractivity (Wildman–Crippen MR) is 151 cm³/mol. The second-order valence-corrected chi connectivity index (χ2v) is 11.1. The van der Waals surface area contributed by atoms with Crippen molar-refractivity contribution in [3.8, 4) is 40.0 Å². The molecule has 0 bridgehead atoms. The molecule has 0 amide bonds. The average molecular weight is 557 g/mol. The minimum atomic E-state index is -3.93. The molecular weight excluding hydrogens is 532 g/mol. The number of sulfonamides is 1. The fourth-order valence-electron chi connectivity index (χ4n) is 4.19. The standard InChI is InChI=1S/C28H24N6O3S2/c1-30-18-20-5-3-4-6-23(20)19-7-9-27(24(16-19)25-11-12-32-34(25)2)37-26-10-8-22(15-21(26)17-29)39(35,36)33-28-31-13-14-38-28/h3-16,30H,18H2,1-2H3,(H,31,33). The van der Waals surface area contributed by atoms with E-state index in [0.29, 0.717) is 12.3 Å². The van der Waals surface area contributed by atoms with Gasteiger partial charge < -0.3 is 10.1 Å². The molecular formula is C28H24N6O3S2. The maximum Gasteiger partial charge on any atom is 0.263 e. The maximum atomic E-state index is 12.8. The van der Waals surface area contributed by atoms with E-state index in [4.69, 9.17) is 4.74 Å². The highest BCUT2D eigenvalue weighted by molar-refractivity contribution is 7.93. The Hall–Kier alpha value is -4.50. The molecule has 5 aromatic rings. The highest BCUT2D eigenvalue weighted by Gasteiger charge is 2.20. The second kappa shape index (κ2) is 11.1. The summed E-state index contributed by atoms with van der Waals surface area (Å²) in [5.74, 6) is 0.735. The van der Waals surface area contributed by atoms with Crippen LogP contribution in [0.25, 0.3) is 22.4 Å². The zero-order valence-electron chi connectivity index (χ0n) is 21.1. The van der Waals surface area contributed by atoms with E-state index in [1.54, 1.807) is 16.3 Å². The van der Waals surface area contributed by atoms with Gasteiger partial charge in [0.2, 0.25) is 0 Å². The first-order valence-electron chi connectivity index (χ1n) is 11.9. The Kier molecular flexibility index (Phi) is 7.42. The van der Waals surface area contributed by atoms with Crippen LogP contribution in [0.3, 0.4) is 0 Å². The van der Waals surface area contributed by atoms with E-state index in [-0.39, 0.29) is 21.3 Å². The van der Waals surface area contributed by atoms with Gasteiger partial charge in [0.15, 0.2) is 5.13 Å². The Morgan fingerprint density at radius 1 is 1.03 bits per heavy atom. The van der Waals surface area contributed by atoms with Gasteiger partial charge >= 0.3 is 0 Å². The quantitative estimate of drug-likeness (QED) is 0.249. The molecule has 0 aliphatic rings. The number of nitrogens with zero attached hydrogens (tertiary/aromatic N) is 4. The monoisotopic (exact) mass is 556 g/mol. The molecule has 0 unspecified atom stereocenters. The first kappa shape index (κ1) is 26.1. The van der Waals surface area contributed by atoms with E-state index < -0.39 is 10.0 Å². The number of ether oxygens (including phenoxy) is 1. The highest BCUT2D eigenvalue weighted by atomic mass is 32.2. The molecule has 2 N–H and O–H groups in total. The smallest absolute Gasteiger partial charge is 0.263 e. The van der Waals surface area contributed by atoms with E-state index in [0.717, 1.165) is 39.3 Å². The summed E-state index contributed by atoms with van der Waals surface area (Å²) in [5, 5.41) is 19.3. The van der Waals surface area contributed by atoms with Gasteiger partial charge in [-0.05, 0) is 60.1 Å². The Labute approximate surface area is 230 Å². The van der Waals surface area contributed by atoms with Crippen molar-refractivity contribution < 1.29 is 13.2 Å². The lowest BCUT2D eigenvalue weighted by atomic mass is 9.96. The van der Waals surface area contributed by atoms with Crippen molar-refractivity contribution in [2.24, 2.45) is 7.05 Å². The van der Waals surface area contributed by atoms with E-state index in [1.807, 2.05) is 50.5 Å². The zero-order chi connectivity index (χ0) is 27.4. The van der Waals surface area contributed by atoms with Gasteiger partial charge in [-0.2, -0.15) is 10.4 Å². The zero-order valence-corrected chi connectivity index (χ0v) is 22.8. The van der Waals surface area contributed by atoms with Crippen LogP contribution in [0.15, 0.2) is 89.4 Å². The molecule has 196 valence electrons. The van der Waals surface area contributed by atoms with Gasteiger partial charge in [0.25, 0.3) is 10.0 Å². The van der Waals surface area contributed by atoms with Gasteiger partial charge in [-0.1, -0.05) is 30.3 Å². The third-order valence-corrected chi connectivity index (χ3v) is 8.18. The summed E-state index contributed by atoms with van der Waals surface area (Å²) < 4.78 is 36.1. The minimum Gasteiger partial charge on any atom is -0.455 e. The third-order valence-electron chi connectivity index (χ3n) is 6.03. The summed E-state index contributed by atoms with van der Waals surface area (Å²) in [5.41, 5.74) is 4.92. The number of aryl methyl sites for hydroxylation is 1. The molecule has 0 radical (unpaired) electrons. The maximum absolute atomic E-state index is 12.8. The first-order chi connectivity index (χ1) is 18.9. The number of hydrogen-bond acceptors (Lipinski definition) is 8. The Morgan fingerprint density at radius 2 is 1.85 bits per heavy atom. The fraction of sp³-hybridized carbons (Fsp3) is 0.107. The van der Waals surface area contributed by atoms with E-state index >= 15 is 0 Å². The second-order valence-electron chi connectivity index (χ2n) is 8.55. The lowest BCUT2D eigenvalue weighted by Gasteiger charge is -2.16. The van der Waals surface area contributed by atoms with Crippen molar-refractivity contribution in [2.45, 2.75) is 11.4 Å². The van der Waals surface area contributed by atoms with Crippen molar-refractivity contribution in [2.75, 3.05) is 11.8 Å². The molecule has 39 heavy (non-hydrogen) atoms. The number of anilines is 1. The van der Waals surface area contributed by atoms with Crippen LogP contribution in [-0.4, -0.2) is 30.2 Å². The fourth-order valence-corrected chi connectivity index (χ4v) is 6.00. The summed E-state index contributed by atoms with van der Waals surface area (Å²) in [6, 6.07) is 22.1. The molecule has 0 spiro atoms. The first-order valence-corrected chi connectivity index (χ1v) is 14.3. The number of nitriles is 1. The Bertz CT molecular complexity index is 1770. The van der Waals surface area contributed by atoms with Crippen LogP contribution >= 0.6 is 11.3 Å². The number of aromatic nitrogens is 3. The van der Waals surface area contributed by atoms with Crippen LogP contribution in [-0.2, 0) is 23.6 Å². The van der Waals surface area contributed by atoms with E-state index in [2.05, 4.69) is 38.3 Å². The molecule has 0 atom stereocenters. The van der Waals surface area contributed by atoms with E-state index in [9.17, 15) is 13.7 Å². The molecule has 0 fully saturated rings. The average Bonchev–Trinajstić information content (AvgIpc) is 3.61. The van der Waals surface area contributed by atoms with Crippen molar-refractivity contribution in [3.63, 3.8) is 0 Å². The summed E-state index contributed by atoms with van der Waals surface area (Å²) in [4.78, 5) is 3.89. The summed E-state index contributed by atoms with van der Waals surface area (Å²) in [7, 11) is -0.172. The molecule has 0 aliphatic heterocycles. The van der Waals surface area contributed by atoms with Crippen LogP contribution in [0.5, 0.6) is 11.5 Å². The Morgan fingerprint density at radius 3 is 2.56 bits per heavy atom.